The van der Waals surface area contributed by atoms with E-state index in [9.17, 15) is 5.11 Å². The quantitative estimate of drug-likeness (QED) is 0.759. The fourth-order valence-corrected chi connectivity index (χ4v) is 3.60. The molecule has 1 N–H and O–H groups in total. The molecule has 3 rings (SSSR count). The molecule has 3 aliphatic rings. The van der Waals surface area contributed by atoms with Gasteiger partial charge in [-0.2, -0.15) is 0 Å². The number of hydrogen-bond acceptors (Lipinski definition) is 3. The minimum absolute atomic E-state index is 0.253. The van der Waals surface area contributed by atoms with Crippen LogP contribution in [0.4, 0.5) is 0 Å². The van der Waals surface area contributed by atoms with E-state index in [1.807, 2.05) is 6.92 Å². The Bertz CT molecular complexity index is 276. The third-order valence-electron chi connectivity index (χ3n) is 5.12. The first-order chi connectivity index (χ1) is 8.09. The summed E-state index contributed by atoms with van der Waals surface area (Å²) in [7, 11) is 0. The van der Waals surface area contributed by atoms with E-state index in [4.69, 9.17) is 4.74 Å². The van der Waals surface area contributed by atoms with Crippen molar-refractivity contribution in [3.8, 4) is 0 Å². The molecule has 17 heavy (non-hydrogen) atoms. The van der Waals surface area contributed by atoms with Crippen LogP contribution in [0.25, 0.3) is 0 Å². The Balaban J connectivity index is 1.57. The highest BCUT2D eigenvalue weighted by atomic mass is 16.5. The lowest BCUT2D eigenvalue weighted by Gasteiger charge is -2.51. The number of piperidine rings is 1. The van der Waals surface area contributed by atoms with Crippen molar-refractivity contribution < 1.29 is 9.84 Å². The van der Waals surface area contributed by atoms with Gasteiger partial charge in [0.15, 0.2) is 0 Å². The Kier molecular flexibility index (Phi) is 2.96. The molecule has 3 heteroatoms. The largest absolute Gasteiger partial charge is 0.390 e. The minimum atomic E-state index is -0.421. The van der Waals surface area contributed by atoms with Crippen molar-refractivity contribution in [2.75, 3.05) is 19.7 Å². The van der Waals surface area contributed by atoms with E-state index in [1.54, 1.807) is 0 Å². The van der Waals surface area contributed by atoms with Crippen LogP contribution in [0.3, 0.4) is 0 Å². The van der Waals surface area contributed by atoms with E-state index in [-0.39, 0.29) is 5.60 Å². The summed E-state index contributed by atoms with van der Waals surface area (Å²) in [5.41, 5.74) is -0.168. The molecule has 3 nitrogen and oxygen atoms in total. The summed E-state index contributed by atoms with van der Waals surface area (Å²) < 4.78 is 5.99. The first-order valence-corrected chi connectivity index (χ1v) is 7.19. The Morgan fingerprint density at radius 1 is 1.18 bits per heavy atom. The molecule has 0 aromatic carbocycles. The van der Waals surface area contributed by atoms with Gasteiger partial charge in [-0.15, -0.1) is 0 Å². The molecule has 3 fully saturated rings. The molecule has 1 unspecified atom stereocenters. The van der Waals surface area contributed by atoms with Crippen molar-refractivity contribution in [2.24, 2.45) is 0 Å². The summed E-state index contributed by atoms with van der Waals surface area (Å²) >= 11 is 0. The summed E-state index contributed by atoms with van der Waals surface area (Å²) in [6.45, 7) is 5.04. The third kappa shape index (κ3) is 2.38. The van der Waals surface area contributed by atoms with Crippen LogP contribution in [0.1, 0.15) is 51.9 Å². The second-order valence-corrected chi connectivity index (χ2v) is 6.56. The zero-order valence-corrected chi connectivity index (χ0v) is 11.0. The van der Waals surface area contributed by atoms with E-state index in [1.165, 1.54) is 32.1 Å². The summed E-state index contributed by atoms with van der Waals surface area (Å²) in [6, 6.07) is 0.708. The zero-order chi connectivity index (χ0) is 11.9. The molecule has 0 amide bonds. The van der Waals surface area contributed by atoms with Crippen molar-refractivity contribution in [1.29, 1.82) is 0 Å². The molecule has 0 radical (unpaired) electrons. The monoisotopic (exact) mass is 239 g/mol. The van der Waals surface area contributed by atoms with Crippen LogP contribution in [-0.2, 0) is 4.74 Å². The SMILES string of the molecule is CC1(O)CCN(C2CCOC3(CCC3)C2)CC1. The number of rotatable bonds is 1. The van der Waals surface area contributed by atoms with Gasteiger partial charge in [-0.3, -0.25) is 4.90 Å². The predicted octanol–water partition coefficient (Wildman–Crippen LogP) is 1.93. The highest BCUT2D eigenvalue weighted by molar-refractivity contribution is 4.97. The van der Waals surface area contributed by atoms with Crippen molar-refractivity contribution >= 4 is 0 Å². The van der Waals surface area contributed by atoms with Crippen molar-refractivity contribution in [2.45, 2.75) is 69.1 Å². The van der Waals surface area contributed by atoms with Gasteiger partial charge < -0.3 is 9.84 Å². The van der Waals surface area contributed by atoms with E-state index < -0.39 is 5.60 Å². The molecule has 0 aromatic heterocycles. The average molecular weight is 239 g/mol. The van der Waals surface area contributed by atoms with E-state index in [0.29, 0.717) is 6.04 Å². The summed E-state index contributed by atoms with van der Waals surface area (Å²) in [5, 5.41) is 10.00. The third-order valence-corrected chi connectivity index (χ3v) is 5.12. The second kappa shape index (κ2) is 4.22. The standard InChI is InChI=1S/C14H25NO2/c1-13(16)6-8-15(9-7-13)12-3-10-17-14(11-12)4-2-5-14/h12,16H,2-11H2,1H3. The lowest BCUT2D eigenvalue weighted by Crippen LogP contribution is -2.54. The van der Waals surface area contributed by atoms with E-state index in [2.05, 4.69) is 4.90 Å². The highest BCUT2D eigenvalue weighted by Crippen LogP contribution is 2.43. The highest BCUT2D eigenvalue weighted by Gasteiger charge is 2.44. The zero-order valence-electron chi connectivity index (χ0n) is 11.0. The van der Waals surface area contributed by atoms with Gasteiger partial charge in [-0.1, -0.05) is 0 Å². The van der Waals surface area contributed by atoms with Gasteiger partial charge >= 0.3 is 0 Å². The molecule has 1 saturated carbocycles. The Morgan fingerprint density at radius 2 is 1.88 bits per heavy atom. The number of aliphatic hydroxyl groups is 1. The number of ether oxygens (including phenoxy) is 1. The van der Waals surface area contributed by atoms with E-state index in [0.717, 1.165) is 32.5 Å². The van der Waals surface area contributed by atoms with Gasteiger partial charge in [0.1, 0.15) is 0 Å². The first kappa shape index (κ1) is 11.9. The Morgan fingerprint density at radius 3 is 2.47 bits per heavy atom. The van der Waals surface area contributed by atoms with Gasteiger partial charge in [0.05, 0.1) is 11.2 Å². The fourth-order valence-electron chi connectivity index (χ4n) is 3.60. The van der Waals surface area contributed by atoms with Crippen LogP contribution < -0.4 is 0 Å². The lowest BCUT2D eigenvalue weighted by atomic mass is 9.73. The van der Waals surface area contributed by atoms with Crippen LogP contribution in [0.15, 0.2) is 0 Å². The number of hydrogen-bond donors (Lipinski definition) is 1. The van der Waals surface area contributed by atoms with Gasteiger partial charge in [0, 0.05) is 25.7 Å². The smallest absolute Gasteiger partial charge is 0.0697 e. The van der Waals surface area contributed by atoms with E-state index >= 15 is 0 Å². The van der Waals surface area contributed by atoms with Crippen LogP contribution >= 0.6 is 0 Å². The van der Waals surface area contributed by atoms with Crippen LogP contribution in [0, 0.1) is 0 Å². The van der Waals surface area contributed by atoms with Gasteiger partial charge in [0.2, 0.25) is 0 Å². The van der Waals surface area contributed by atoms with Crippen LogP contribution in [-0.4, -0.2) is 46.9 Å². The summed E-state index contributed by atoms with van der Waals surface area (Å²) in [4.78, 5) is 2.60. The van der Waals surface area contributed by atoms with Gasteiger partial charge in [-0.05, 0) is 51.9 Å². The Labute approximate surface area is 104 Å². The molecule has 1 atom stereocenters. The van der Waals surface area contributed by atoms with Crippen LogP contribution in [0.2, 0.25) is 0 Å². The normalized spacial score (nSPS) is 36.7. The topological polar surface area (TPSA) is 32.7 Å². The van der Waals surface area contributed by atoms with Crippen molar-refractivity contribution in [3.63, 3.8) is 0 Å². The minimum Gasteiger partial charge on any atom is -0.390 e. The predicted molar refractivity (Wildman–Crippen MR) is 67.0 cm³/mol. The molecule has 98 valence electrons. The van der Waals surface area contributed by atoms with Crippen LogP contribution in [0.5, 0.6) is 0 Å². The first-order valence-electron chi connectivity index (χ1n) is 7.19. The molecule has 2 saturated heterocycles. The molecule has 1 spiro atoms. The average Bonchev–Trinajstić information content (AvgIpc) is 2.27. The van der Waals surface area contributed by atoms with Gasteiger partial charge in [0.25, 0.3) is 0 Å². The molecule has 0 bridgehead atoms. The maximum Gasteiger partial charge on any atom is 0.0697 e. The van der Waals surface area contributed by atoms with Crippen molar-refractivity contribution in [1.82, 2.24) is 4.90 Å². The summed E-state index contributed by atoms with van der Waals surface area (Å²) in [5.74, 6) is 0. The van der Waals surface area contributed by atoms with Gasteiger partial charge in [-0.25, -0.2) is 0 Å². The Hall–Kier alpha value is -0.120. The fraction of sp³-hybridized carbons (Fsp3) is 1.00. The molecule has 2 heterocycles. The lowest BCUT2D eigenvalue weighted by molar-refractivity contribution is -0.153. The molecule has 0 aromatic rings. The number of nitrogens with zero attached hydrogens (tertiary/aromatic N) is 1. The maximum atomic E-state index is 10.00. The van der Waals surface area contributed by atoms with Crippen molar-refractivity contribution in [3.05, 3.63) is 0 Å². The number of likely N-dealkylation sites (tertiary alicyclic amines) is 1. The maximum absolute atomic E-state index is 10.00. The molecular formula is C14H25NO2. The molecule has 2 aliphatic heterocycles. The summed E-state index contributed by atoms with van der Waals surface area (Å²) in [6.07, 6.45) is 8.17. The second-order valence-electron chi connectivity index (χ2n) is 6.56. The molecule has 1 aliphatic carbocycles. The molecular weight excluding hydrogens is 214 g/mol.